The van der Waals surface area contributed by atoms with Crippen molar-refractivity contribution in [1.29, 1.82) is 0 Å². The lowest BCUT2D eigenvalue weighted by molar-refractivity contribution is 0.0204. The first-order valence-corrected chi connectivity index (χ1v) is 13.0. The zero-order valence-electron chi connectivity index (χ0n) is 21.4. The molecule has 0 bridgehead atoms. The molecule has 9 nitrogen and oxygen atoms in total. The Morgan fingerprint density at radius 2 is 1.89 bits per heavy atom. The van der Waals surface area contributed by atoms with E-state index in [0.29, 0.717) is 37.3 Å². The number of hydrogen-bond donors (Lipinski definition) is 1. The summed E-state index contributed by atoms with van der Waals surface area (Å²) in [6.45, 7) is 8.07. The van der Waals surface area contributed by atoms with Crippen LogP contribution in [-0.4, -0.2) is 69.2 Å². The third-order valence-corrected chi connectivity index (χ3v) is 6.77. The van der Waals surface area contributed by atoms with Crippen LogP contribution in [0.5, 0.6) is 6.01 Å². The zero-order valence-corrected chi connectivity index (χ0v) is 22.1. The number of likely N-dealkylation sites (tertiary alicyclic amines) is 1. The monoisotopic (exact) mass is 525 g/mol. The number of nitrogens with one attached hydrogen (secondary N) is 1. The molecule has 196 valence electrons. The number of aromatic nitrogens is 4. The Balaban J connectivity index is 1.44. The second-order valence-corrected chi connectivity index (χ2v) is 10.9. The van der Waals surface area contributed by atoms with E-state index < -0.39 is 5.60 Å². The van der Waals surface area contributed by atoms with E-state index >= 15 is 0 Å². The first-order chi connectivity index (χ1) is 17.8. The van der Waals surface area contributed by atoms with Crippen LogP contribution in [0.3, 0.4) is 0 Å². The van der Waals surface area contributed by atoms with Crippen molar-refractivity contribution >= 4 is 17.7 Å². The van der Waals surface area contributed by atoms with E-state index in [2.05, 4.69) is 10.1 Å². The Kier molecular flexibility index (Phi) is 7.35. The number of aromatic amines is 1. The molecule has 0 saturated carbocycles. The van der Waals surface area contributed by atoms with E-state index in [1.165, 1.54) is 0 Å². The van der Waals surface area contributed by atoms with Gasteiger partial charge in [-0.2, -0.15) is 10.1 Å². The van der Waals surface area contributed by atoms with Crippen molar-refractivity contribution in [3.63, 3.8) is 0 Å². The maximum absolute atomic E-state index is 12.6. The number of amides is 1. The summed E-state index contributed by atoms with van der Waals surface area (Å²) in [5.74, 6) is 0.171. The lowest BCUT2D eigenvalue weighted by Gasteiger charge is -2.33. The van der Waals surface area contributed by atoms with E-state index in [0.717, 1.165) is 47.5 Å². The average Bonchev–Trinajstić information content (AvgIpc) is 3.54. The van der Waals surface area contributed by atoms with Crippen LogP contribution in [-0.2, 0) is 9.47 Å². The normalized spacial score (nSPS) is 18.7. The van der Waals surface area contributed by atoms with Crippen molar-refractivity contribution in [1.82, 2.24) is 25.1 Å². The van der Waals surface area contributed by atoms with Crippen LogP contribution in [0.4, 0.5) is 4.79 Å². The molecule has 1 N–H and O–H groups in total. The first-order valence-electron chi connectivity index (χ1n) is 12.7. The molecule has 5 rings (SSSR count). The lowest BCUT2D eigenvalue weighted by atomic mass is 9.89. The van der Waals surface area contributed by atoms with Gasteiger partial charge in [0, 0.05) is 53.5 Å². The minimum Gasteiger partial charge on any atom is -0.458 e. The number of H-pyrrole nitrogens is 1. The van der Waals surface area contributed by atoms with E-state index in [-0.39, 0.29) is 18.1 Å². The van der Waals surface area contributed by atoms with E-state index in [1.807, 2.05) is 51.1 Å². The van der Waals surface area contributed by atoms with Gasteiger partial charge in [0.15, 0.2) is 0 Å². The van der Waals surface area contributed by atoms with Gasteiger partial charge in [-0.05, 0) is 51.8 Å². The van der Waals surface area contributed by atoms with Crippen molar-refractivity contribution in [2.75, 3.05) is 26.3 Å². The van der Waals surface area contributed by atoms with Crippen LogP contribution in [0, 0.1) is 0 Å². The summed E-state index contributed by atoms with van der Waals surface area (Å²) in [6, 6.07) is 9.80. The predicted molar refractivity (Wildman–Crippen MR) is 140 cm³/mol. The number of nitrogens with zero attached hydrogens (tertiary/aromatic N) is 4. The number of carbonyl (C=O) groups excluding carboxylic acids is 1. The van der Waals surface area contributed by atoms with E-state index in [4.69, 9.17) is 35.9 Å². The average molecular weight is 526 g/mol. The minimum absolute atomic E-state index is 0.0491. The van der Waals surface area contributed by atoms with Crippen molar-refractivity contribution in [2.24, 2.45) is 0 Å². The number of carbonyl (C=O) groups is 1. The topological polar surface area (TPSA) is 102 Å². The Morgan fingerprint density at radius 1 is 1.14 bits per heavy atom. The minimum atomic E-state index is -0.518. The van der Waals surface area contributed by atoms with Crippen LogP contribution in [0.2, 0.25) is 5.02 Å². The molecule has 10 heteroatoms. The zero-order chi connectivity index (χ0) is 26.0. The molecule has 1 unspecified atom stereocenters. The smallest absolute Gasteiger partial charge is 0.410 e. The van der Waals surface area contributed by atoms with Crippen LogP contribution < -0.4 is 4.74 Å². The van der Waals surface area contributed by atoms with Gasteiger partial charge in [-0.3, -0.25) is 5.10 Å². The maximum Gasteiger partial charge on any atom is 0.410 e. The molecule has 2 aliphatic heterocycles. The number of piperidine rings is 1. The van der Waals surface area contributed by atoms with Crippen LogP contribution in [0.15, 0.2) is 36.5 Å². The van der Waals surface area contributed by atoms with Crippen molar-refractivity contribution < 1.29 is 19.0 Å². The molecule has 0 aliphatic carbocycles. The molecule has 37 heavy (non-hydrogen) atoms. The molecule has 0 radical (unpaired) electrons. The molecular weight excluding hydrogens is 494 g/mol. The highest BCUT2D eigenvalue weighted by atomic mass is 35.5. The second-order valence-electron chi connectivity index (χ2n) is 10.4. The van der Waals surface area contributed by atoms with Gasteiger partial charge in [-0.1, -0.05) is 23.7 Å². The highest BCUT2D eigenvalue weighted by Crippen LogP contribution is 2.40. The van der Waals surface area contributed by atoms with Gasteiger partial charge in [0.1, 0.15) is 17.4 Å². The van der Waals surface area contributed by atoms with Gasteiger partial charge in [-0.25, -0.2) is 9.78 Å². The summed E-state index contributed by atoms with van der Waals surface area (Å²) >= 11 is 6.15. The molecule has 4 heterocycles. The van der Waals surface area contributed by atoms with Crippen LogP contribution in [0.25, 0.3) is 22.5 Å². The maximum atomic E-state index is 12.6. The number of rotatable bonds is 5. The molecule has 2 aliphatic rings. The lowest BCUT2D eigenvalue weighted by Crippen LogP contribution is -2.41. The molecular formula is C27H32ClN5O4. The Labute approximate surface area is 221 Å². The second kappa shape index (κ2) is 10.7. The summed E-state index contributed by atoms with van der Waals surface area (Å²) in [6.07, 6.45) is 3.76. The highest BCUT2D eigenvalue weighted by molar-refractivity contribution is 6.30. The molecule has 1 amide bonds. The summed E-state index contributed by atoms with van der Waals surface area (Å²) < 4.78 is 17.0. The summed E-state index contributed by atoms with van der Waals surface area (Å²) in [4.78, 5) is 23.4. The molecule has 2 fully saturated rings. The standard InChI is InChI=1S/C27H32ClN5O4/c1-27(2,3)37-26(34)33-13-9-18(10-14-33)24-22(23(31-32-24)17-4-6-19(28)7-5-17)21-8-12-29-25(30-21)36-20-11-15-35-16-20/h4-8,12,18,20H,9-11,13-16H2,1-3H3,(H,31,32). The van der Waals surface area contributed by atoms with E-state index in [1.54, 1.807) is 11.1 Å². The highest BCUT2D eigenvalue weighted by Gasteiger charge is 2.31. The van der Waals surface area contributed by atoms with Crippen LogP contribution in [0.1, 0.15) is 51.6 Å². The van der Waals surface area contributed by atoms with Gasteiger partial charge in [-0.15, -0.1) is 0 Å². The van der Waals surface area contributed by atoms with Gasteiger partial charge in [0.05, 0.1) is 18.9 Å². The first kappa shape index (κ1) is 25.5. The molecule has 1 atom stereocenters. The molecule has 3 aromatic rings. The van der Waals surface area contributed by atoms with Gasteiger partial charge >= 0.3 is 12.1 Å². The predicted octanol–water partition coefficient (Wildman–Crippen LogP) is 5.47. The third kappa shape index (κ3) is 6.05. The summed E-state index contributed by atoms with van der Waals surface area (Å²) in [7, 11) is 0. The molecule has 2 saturated heterocycles. The van der Waals surface area contributed by atoms with Crippen molar-refractivity contribution in [3.05, 3.63) is 47.2 Å². The van der Waals surface area contributed by atoms with Gasteiger partial charge in [0.25, 0.3) is 0 Å². The van der Waals surface area contributed by atoms with Gasteiger partial charge < -0.3 is 19.1 Å². The SMILES string of the molecule is CC(C)(C)OC(=O)N1CCC(c2[nH]nc(-c3ccc(Cl)cc3)c2-c2ccnc(OC3CCOC3)n2)CC1. The Hall–Kier alpha value is -3.17. The molecule has 1 aromatic carbocycles. The molecule has 0 spiro atoms. The summed E-state index contributed by atoms with van der Waals surface area (Å²) in [5, 5.41) is 8.66. The fraction of sp³-hybridized carbons (Fsp3) is 0.481. The van der Waals surface area contributed by atoms with Gasteiger partial charge in [0.2, 0.25) is 0 Å². The number of halogens is 1. The van der Waals surface area contributed by atoms with Crippen LogP contribution >= 0.6 is 11.6 Å². The summed E-state index contributed by atoms with van der Waals surface area (Å²) in [5.41, 5.74) is 3.83. The quantitative estimate of drug-likeness (QED) is 0.471. The van der Waals surface area contributed by atoms with E-state index in [9.17, 15) is 4.79 Å². The number of hydrogen-bond acceptors (Lipinski definition) is 7. The van der Waals surface area contributed by atoms with Crippen molar-refractivity contribution in [3.8, 4) is 28.5 Å². The number of benzene rings is 1. The number of ether oxygens (including phenoxy) is 3. The Bertz CT molecular complexity index is 1230. The molecule has 2 aromatic heterocycles. The van der Waals surface area contributed by atoms with Crippen molar-refractivity contribution in [2.45, 2.75) is 57.7 Å². The third-order valence-electron chi connectivity index (χ3n) is 6.52. The Morgan fingerprint density at radius 3 is 2.57 bits per heavy atom. The fourth-order valence-corrected chi connectivity index (χ4v) is 4.82. The largest absolute Gasteiger partial charge is 0.458 e. The fourth-order valence-electron chi connectivity index (χ4n) is 4.70.